The molecule has 2 aromatic carbocycles. The summed E-state index contributed by atoms with van der Waals surface area (Å²) in [7, 11) is 0. The summed E-state index contributed by atoms with van der Waals surface area (Å²) in [6.45, 7) is 2.06. The van der Waals surface area contributed by atoms with Crippen molar-refractivity contribution in [3.63, 3.8) is 0 Å². The first-order valence-corrected chi connectivity index (χ1v) is 11.2. The number of amides is 2. The van der Waals surface area contributed by atoms with E-state index in [0.717, 1.165) is 16.7 Å². The van der Waals surface area contributed by atoms with Crippen molar-refractivity contribution < 1.29 is 19.2 Å². The van der Waals surface area contributed by atoms with Gasteiger partial charge in [0.2, 0.25) is 0 Å². The number of imide groups is 1. The largest absolute Gasteiger partial charge is 0.378 e. The van der Waals surface area contributed by atoms with Crippen LogP contribution < -0.4 is 4.90 Å². The Morgan fingerprint density at radius 2 is 1.81 bits per heavy atom. The smallest absolute Gasteiger partial charge is 0.293 e. The zero-order chi connectivity index (χ0) is 22.8. The number of ether oxygens (including phenoxy) is 1. The molecule has 2 aromatic rings. The summed E-state index contributed by atoms with van der Waals surface area (Å²) >= 11 is 13.1. The zero-order valence-electron chi connectivity index (χ0n) is 16.6. The first-order valence-electron chi connectivity index (χ1n) is 9.64. The number of carbonyl (C=O) groups is 2. The van der Waals surface area contributed by atoms with Crippen LogP contribution in [0.4, 0.5) is 16.2 Å². The van der Waals surface area contributed by atoms with Gasteiger partial charge in [-0.05, 0) is 41.6 Å². The Kier molecular flexibility index (Phi) is 6.71. The molecule has 166 valence electrons. The lowest BCUT2D eigenvalue weighted by atomic mass is 10.1. The summed E-state index contributed by atoms with van der Waals surface area (Å²) < 4.78 is 5.31. The molecule has 0 aromatic heterocycles. The van der Waals surface area contributed by atoms with Gasteiger partial charge in [0.15, 0.2) is 0 Å². The van der Waals surface area contributed by atoms with E-state index in [9.17, 15) is 19.7 Å². The van der Waals surface area contributed by atoms with E-state index in [2.05, 4.69) is 0 Å². The van der Waals surface area contributed by atoms with Gasteiger partial charge in [0.1, 0.15) is 5.69 Å². The number of anilines is 1. The number of nitrogens with zero attached hydrogens (tertiary/aromatic N) is 3. The average Bonchev–Trinajstić information content (AvgIpc) is 3.04. The molecule has 11 heteroatoms. The van der Waals surface area contributed by atoms with Crippen molar-refractivity contribution in [3.8, 4) is 0 Å². The fraction of sp³-hybridized carbons (Fsp3) is 0.238. The zero-order valence-corrected chi connectivity index (χ0v) is 19.0. The Labute approximate surface area is 197 Å². The van der Waals surface area contributed by atoms with Crippen LogP contribution in [0.3, 0.4) is 0 Å². The third-order valence-electron chi connectivity index (χ3n) is 5.10. The van der Waals surface area contributed by atoms with E-state index in [1.165, 1.54) is 12.1 Å². The molecule has 0 bridgehead atoms. The molecule has 2 aliphatic rings. The molecule has 0 saturated carbocycles. The molecular weight excluding hydrogens is 477 g/mol. The number of hydrogen-bond acceptors (Lipinski definition) is 7. The number of rotatable bonds is 5. The molecule has 0 N–H and O–H groups in total. The molecule has 0 unspecified atom stereocenters. The van der Waals surface area contributed by atoms with Gasteiger partial charge in [-0.15, -0.1) is 0 Å². The van der Waals surface area contributed by atoms with Gasteiger partial charge in [-0.2, -0.15) is 0 Å². The SMILES string of the molecule is O=C1S/C(=C\c2ccc(N3CCOCC3)c([N+](=O)[O-])c2)C(=O)N1Cc1c(Cl)cccc1Cl. The fourth-order valence-corrected chi connectivity index (χ4v) is 4.83. The highest BCUT2D eigenvalue weighted by Crippen LogP contribution is 2.37. The first kappa shape index (κ1) is 22.6. The minimum atomic E-state index is -0.504. The average molecular weight is 494 g/mol. The van der Waals surface area contributed by atoms with E-state index in [-0.39, 0.29) is 17.1 Å². The van der Waals surface area contributed by atoms with Crippen molar-refractivity contribution >= 4 is 63.6 Å². The lowest BCUT2D eigenvalue weighted by Gasteiger charge is -2.28. The normalized spacial score (nSPS) is 18.0. The van der Waals surface area contributed by atoms with Gasteiger partial charge in [0.25, 0.3) is 16.8 Å². The Hall–Kier alpha value is -2.59. The second-order valence-corrected chi connectivity index (χ2v) is 8.88. The van der Waals surface area contributed by atoms with Gasteiger partial charge in [-0.1, -0.05) is 35.3 Å². The first-order chi connectivity index (χ1) is 15.3. The Morgan fingerprint density at radius 1 is 1.12 bits per heavy atom. The molecule has 2 saturated heterocycles. The van der Waals surface area contributed by atoms with E-state index >= 15 is 0 Å². The highest BCUT2D eigenvalue weighted by atomic mass is 35.5. The highest BCUT2D eigenvalue weighted by Gasteiger charge is 2.36. The minimum absolute atomic E-state index is 0.0589. The number of halogens is 2. The van der Waals surface area contributed by atoms with E-state index in [4.69, 9.17) is 27.9 Å². The summed E-state index contributed by atoms with van der Waals surface area (Å²) in [6, 6.07) is 9.69. The number of carbonyl (C=O) groups excluding carboxylic acids is 2. The van der Waals surface area contributed by atoms with Crippen molar-refractivity contribution in [2.24, 2.45) is 0 Å². The maximum atomic E-state index is 12.9. The second-order valence-electron chi connectivity index (χ2n) is 7.07. The van der Waals surface area contributed by atoms with Gasteiger partial charge in [-0.3, -0.25) is 24.6 Å². The van der Waals surface area contributed by atoms with Crippen LogP contribution in [0.1, 0.15) is 11.1 Å². The number of benzene rings is 2. The van der Waals surface area contributed by atoms with Crippen molar-refractivity contribution in [2.75, 3.05) is 31.2 Å². The number of thioether (sulfide) groups is 1. The predicted molar refractivity (Wildman–Crippen MR) is 124 cm³/mol. The topological polar surface area (TPSA) is 93.0 Å². The van der Waals surface area contributed by atoms with Crippen molar-refractivity contribution in [1.82, 2.24) is 4.90 Å². The van der Waals surface area contributed by atoms with Crippen molar-refractivity contribution in [3.05, 3.63) is 72.6 Å². The van der Waals surface area contributed by atoms with Gasteiger partial charge >= 0.3 is 0 Å². The van der Waals surface area contributed by atoms with Gasteiger partial charge in [0.05, 0.1) is 29.6 Å². The molecule has 8 nitrogen and oxygen atoms in total. The standard InChI is InChI=1S/C21H17Cl2N3O5S/c22-15-2-1-3-16(23)14(15)12-25-20(27)19(32-21(25)28)11-13-4-5-17(18(10-13)26(29)30)24-6-8-31-9-7-24/h1-5,10-11H,6-9,12H2/b19-11-. The fourth-order valence-electron chi connectivity index (χ4n) is 3.48. The number of morpholine rings is 1. The molecular formula is C21H17Cl2N3O5S. The van der Waals surface area contributed by atoms with Gasteiger partial charge in [0, 0.05) is 34.8 Å². The monoisotopic (exact) mass is 493 g/mol. The Morgan fingerprint density at radius 3 is 2.47 bits per heavy atom. The third kappa shape index (κ3) is 4.61. The van der Waals surface area contributed by atoms with Crippen LogP contribution in [0.15, 0.2) is 41.3 Å². The van der Waals surface area contributed by atoms with Crippen LogP contribution in [0.25, 0.3) is 6.08 Å². The molecule has 0 aliphatic carbocycles. The predicted octanol–water partition coefficient (Wildman–Crippen LogP) is 4.97. The summed E-state index contributed by atoms with van der Waals surface area (Å²) in [6.07, 6.45) is 1.48. The molecule has 0 radical (unpaired) electrons. The molecule has 2 heterocycles. The van der Waals surface area contributed by atoms with Crippen LogP contribution in [0.2, 0.25) is 10.0 Å². The third-order valence-corrected chi connectivity index (χ3v) is 6.71. The summed E-state index contributed by atoms with van der Waals surface area (Å²) in [4.78, 5) is 39.6. The Bertz CT molecular complexity index is 1110. The maximum absolute atomic E-state index is 12.9. The lowest BCUT2D eigenvalue weighted by Crippen LogP contribution is -2.36. The summed E-state index contributed by atoms with van der Waals surface area (Å²) in [5, 5.41) is 11.9. The van der Waals surface area contributed by atoms with Crippen LogP contribution in [-0.2, 0) is 16.1 Å². The van der Waals surface area contributed by atoms with Crippen LogP contribution in [0.5, 0.6) is 0 Å². The number of nitro benzene ring substituents is 1. The van der Waals surface area contributed by atoms with Crippen LogP contribution in [0, 0.1) is 10.1 Å². The van der Waals surface area contributed by atoms with E-state index < -0.39 is 16.1 Å². The van der Waals surface area contributed by atoms with Crippen LogP contribution in [-0.4, -0.2) is 47.3 Å². The maximum Gasteiger partial charge on any atom is 0.293 e. The van der Waals surface area contributed by atoms with E-state index in [1.54, 1.807) is 30.3 Å². The van der Waals surface area contributed by atoms with Gasteiger partial charge in [-0.25, -0.2) is 0 Å². The lowest BCUT2D eigenvalue weighted by molar-refractivity contribution is -0.384. The molecule has 32 heavy (non-hydrogen) atoms. The van der Waals surface area contributed by atoms with Crippen LogP contribution >= 0.6 is 35.0 Å². The number of nitro groups is 1. The molecule has 4 rings (SSSR count). The van der Waals surface area contributed by atoms with Crippen molar-refractivity contribution in [2.45, 2.75) is 6.54 Å². The molecule has 0 atom stereocenters. The van der Waals surface area contributed by atoms with E-state index in [0.29, 0.717) is 53.2 Å². The number of hydrogen-bond donors (Lipinski definition) is 0. The molecule has 0 spiro atoms. The quantitative estimate of drug-likeness (QED) is 0.329. The Balaban J connectivity index is 1.60. The molecule has 2 amide bonds. The van der Waals surface area contributed by atoms with Crippen molar-refractivity contribution in [1.29, 1.82) is 0 Å². The minimum Gasteiger partial charge on any atom is -0.378 e. The second kappa shape index (κ2) is 9.50. The molecule has 2 fully saturated rings. The highest BCUT2D eigenvalue weighted by molar-refractivity contribution is 8.18. The van der Waals surface area contributed by atoms with Gasteiger partial charge < -0.3 is 9.64 Å². The summed E-state index contributed by atoms with van der Waals surface area (Å²) in [5.41, 5.74) is 1.36. The van der Waals surface area contributed by atoms with E-state index in [1.807, 2.05) is 4.90 Å². The summed E-state index contributed by atoms with van der Waals surface area (Å²) in [5.74, 6) is -0.504. The molecule has 2 aliphatic heterocycles.